The summed E-state index contributed by atoms with van der Waals surface area (Å²) in [4.78, 5) is 14.1. The summed E-state index contributed by atoms with van der Waals surface area (Å²) in [6.45, 7) is 7.12. The van der Waals surface area contributed by atoms with Crippen molar-refractivity contribution in [3.8, 4) is 5.75 Å². The molecule has 1 aromatic carbocycles. The lowest BCUT2D eigenvalue weighted by atomic mass is 9.92. The number of hydrogen-bond donors (Lipinski definition) is 1. The van der Waals surface area contributed by atoms with Gasteiger partial charge in [0.2, 0.25) is 5.91 Å². The Labute approximate surface area is 102 Å². The molecule has 1 heterocycles. The second kappa shape index (κ2) is 4.06. The van der Waals surface area contributed by atoms with Gasteiger partial charge >= 0.3 is 0 Å². The molecule has 1 aliphatic heterocycles. The highest BCUT2D eigenvalue weighted by Crippen LogP contribution is 2.29. The van der Waals surface area contributed by atoms with Crippen molar-refractivity contribution in [1.82, 2.24) is 4.90 Å². The molecule has 0 bridgehead atoms. The third kappa shape index (κ3) is 2.28. The third-order valence-electron chi connectivity index (χ3n) is 3.17. The fraction of sp³-hybridized carbons (Fsp3) is 0.500. The molecule has 0 saturated carbocycles. The van der Waals surface area contributed by atoms with Gasteiger partial charge in [-0.15, -0.1) is 0 Å². The number of rotatable bonds is 0. The number of nitrogens with zero attached hydrogens (tertiary/aromatic N) is 1. The number of carbonyl (C=O) groups excluding carboxylic acids is 1. The van der Waals surface area contributed by atoms with Gasteiger partial charge in [-0.1, -0.05) is 32.9 Å². The zero-order valence-electron chi connectivity index (χ0n) is 10.7. The molecule has 0 saturated heterocycles. The minimum absolute atomic E-state index is 0.173. The van der Waals surface area contributed by atoms with E-state index < -0.39 is 0 Å². The van der Waals surface area contributed by atoms with E-state index in [4.69, 9.17) is 0 Å². The topological polar surface area (TPSA) is 40.5 Å². The molecule has 1 N–H and O–H groups in total. The maximum atomic E-state index is 12.2. The van der Waals surface area contributed by atoms with Gasteiger partial charge in [0.1, 0.15) is 5.75 Å². The Kier molecular flexibility index (Phi) is 2.86. The first-order chi connectivity index (χ1) is 7.89. The first kappa shape index (κ1) is 12.0. The van der Waals surface area contributed by atoms with E-state index in [1.54, 1.807) is 6.07 Å². The second-order valence-electron chi connectivity index (χ2n) is 5.64. The summed E-state index contributed by atoms with van der Waals surface area (Å²) in [5, 5.41) is 9.74. The summed E-state index contributed by atoms with van der Waals surface area (Å²) < 4.78 is 0. The lowest BCUT2D eigenvalue weighted by Crippen LogP contribution is -2.42. The molecule has 0 unspecified atom stereocenters. The number of phenols is 1. The molecule has 0 aromatic heterocycles. The number of amides is 1. The quantitative estimate of drug-likeness (QED) is 0.747. The van der Waals surface area contributed by atoms with Crippen molar-refractivity contribution in [3.63, 3.8) is 0 Å². The van der Waals surface area contributed by atoms with Crippen LogP contribution in [0.2, 0.25) is 0 Å². The van der Waals surface area contributed by atoms with Gasteiger partial charge in [0, 0.05) is 24.1 Å². The fourth-order valence-electron chi connectivity index (χ4n) is 2.24. The molecular formula is C14H19NO2. The summed E-state index contributed by atoms with van der Waals surface area (Å²) in [6.07, 6.45) is 0.740. The molecule has 0 radical (unpaired) electrons. The van der Waals surface area contributed by atoms with Crippen LogP contribution in [-0.4, -0.2) is 22.5 Å². The Morgan fingerprint density at radius 3 is 2.71 bits per heavy atom. The van der Waals surface area contributed by atoms with Crippen LogP contribution < -0.4 is 0 Å². The van der Waals surface area contributed by atoms with Gasteiger partial charge in [0.15, 0.2) is 0 Å². The van der Waals surface area contributed by atoms with Crippen LogP contribution in [0.5, 0.6) is 5.75 Å². The maximum Gasteiger partial charge on any atom is 0.228 e. The van der Waals surface area contributed by atoms with Crippen molar-refractivity contribution in [1.29, 1.82) is 0 Å². The van der Waals surface area contributed by atoms with E-state index in [0.29, 0.717) is 18.8 Å². The van der Waals surface area contributed by atoms with Crippen molar-refractivity contribution < 1.29 is 9.90 Å². The molecule has 2 rings (SSSR count). The minimum Gasteiger partial charge on any atom is -0.508 e. The van der Waals surface area contributed by atoms with E-state index in [2.05, 4.69) is 0 Å². The lowest BCUT2D eigenvalue weighted by molar-refractivity contribution is -0.140. The molecule has 92 valence electrons. The predicted octanol–water partition coefficient (Wildman–Crippen LogP) is 2.32. The Morgan fingerprint density at radius 2 is 2.06 bits per heavy atom. The Morgan fingerprint density at radius 1 is 1.35 bits per heavy atom. The average molecular weight is 233 g/mol. The highest BCUT2D eigenvalue weighted by molar-refractivity contribution is 5.81. The van der Waals surface area contributed by atoms with E-state index in [0.717, 1.165) is 17.5 Å². The molecule has 0 atom stereocenters. The monoisotopic (exact) mass is 233 g/mol. The van der Waals surface area contributed by atoms with Crippen LogP contribution in [0.15, 0.2) is 18.2 Å². The van der Waals surface area contributed by atoms with Crippen LogP contribution in [-0.2, 0) is 17.8 Å². The SMILES string of the molecule is CC(C)(C)C(=O)N1CCc2c(O)cccc2C1. The van der Waals surface area contributed by atoms with Gasteiger partial charge in [0.25, 0.3) is 0 Å². The summed E-state index contributed by atoms with van der Waals surface area (Å²) in [6, 6.07) is 5.52. The largest absolute Gasteiger partial charge is 0.508 e. The number of hydrogen-bond acceptors (Lipinski definition) is 2. The van der Waals surface area contributed by atoms with Crippen LogP contribution >= 0.6 is 0 Å². The van der Waals surface area contributed by atoms with Crippen molar-refractivity contribution in [2.24, 2.45) is 5.41 Å². The standard InChI is InChI=1S/C14H19NO2/c1-14(2,3)13(17)15-8-7-11-10(9-15)5-4-6-12(11)16/h4-6,16H,7-9H2,1-3H3. The van der Waals surface area contributed by atoms with Gasteiger partial charge in [-0.3, -0.25) is 4.79 Å². The number of fused-ring (bicyclic) bond motifs is 1. The molecule has 0 fully saturated rings. The van der Waals surface area contributed by atoms with Crippen LogP contribution in [0.25, 0.3) is 0 Å². The fourth-order valence-corrected chi connectivity index (χ4v) is 2.24. The predicted molar refractivity (Wildman–Crippen MR) is 66.7 cm³/mol. The number of aromatic hydroxyl groups is 1. The summed E-state index contributed by atoms with van der Waals surface area (Å²) >= 11 is 0. The first-order valence-corrected chi connectivity index (χ1v) is 5.98. The summed E-state index contributed by atoms with van der Waals surface area (Å²) in [5.41, 5.74) is 1.72. The van der Waals surface area contributed by atoms with Crippen LogP contribution in [0.4, 0.5) is 0 Å². The first-order valence-electron chi connectivity index (χ1n) is 5.98. The molecule has 17 heavy (non-hydrogen) atoms. The van der Waals surface area contributed by atoms with Gasteiger partial charge in [-0.05, 0) is 18.1 Å². The highest BCUT2D eigenvalue weighted by Gasteiger charge is 2.30. The van der Waals surface area contributed by atoms with Gasteiger partial charge in [-0.2, -0.15) is 0 Å². The number of carbonyl (C=O) groups is 1. The number of benzene rings is 1. The van der Waals surface area contributed by atoms with Crippen LogP contribution in [0.3, 0.4) is 0 Å². The molecular weight excluding hydrogens is 214 g/mol. The van der Waals surface area contributed by atoms with Gasteiger partial charge in [0.05, 0.1) is 0 Å². The van der Waals surface area contributed by atoms with E-state index in [9.17, 15) is 9.90 Å². The van der Waals surface area contributed by atoms with E-state index >= 15 is 0 Å². The second-order valence-corrected chi connectivity index (χ2v) is 5.64. The van der Waals surface area contributed by atoms with Crippen molar-refractivity contribution in [2.45, 2.75) is 33.7 Å². The molecule has 3 nitrogen and oxygen atoms in total. The van der Waals surface area contributed by atoms with Crippen LogP contribution in [0, 0.1) is 5.41 Å². The maximum absolute atomic E-state index is 12.2. The minimum atomic E-state index is -0.339. The molecule has 1 aromatic rings. The Balaban J connectivity index is 2.23. The molecule has 0 spiro atoms. The zero-order chi connectivity index (χ0) is 12.6. The van der Waals surface area contributed by atoms with Gasteiger partial charge in [-0.25, -0.2) is 0 Å². The van der Waals surface area contributed by atoms with Crippen molar-refractivity contribution in [2.75, 3.05) is 6.54 Å². The third-order valence-corrected chi connectivity index (χ3v) is 3.17. The Hall–Kier alpha value is -1.51. The highest BCUT2D eigenvalue weighted by atomic mass is 16.3. The van der Waals surface area contributed by atoms with E-state index in [1.807, 2.05) is 37.8 Å². The molecule has 0 aliphatic carbocycles. The molecule has 1 amide bonds. The van der Waals surface area contributed by atoms with Crippen molar-refractivity contribution in [3.05, 3.63) is 29.3 Å². The van der Waals surface area contributed by atoms with Crippen LogP contribution in [0.1, 0.15) is 31.9 Å². The summed E-state index contributed by atoms with van der Waals surface area (Å²) in [7, 11) is 0. The van der Waals surface area contributed by atoms with E-state index in [1.165, 1.54) is 0 Å². The summed E-state index contributed by atoms with van der Waals surface area (Å²) in [5.74, 6) is 0.525. The smallest absolute Gasteiger partial charge is 0.228 e. The van der Waals surface area contributed by atoms with Crippen molar-refractivity contribution >= 4 is 5.91 Å². The van der Waals surface area contributed by atoms with Gasteiger partial charge < -0.3 is 10.0 Å². The number of phenolic OH excluding ortho intramolecular Hbond substituents is 1. The molecule has 3 heteroatoms. The van der Waals surface area contributed by atoms with E-state index in [-0.39, 0.29) is 11.3 Å². The zero-order valence-corrected chi connectivity index (χ0v) is 10.7. The Bertz CT molecular complexity index is 446. The average Bonchev–Trinajstić information content (AvgIpc) is 2.26. The normalized spacial score (nSPS) is 15.6. The molecule has 1 aliphatic rings. The lowest BCUT2D eigenvalue weighted by Gasteiger charge is -2.33.